The Morgan fingerprint density at radius 2 is 1.56 bits per heavy atom. The van der Waals surface area contributed by atoms with E-state index < -0.39 is 11.3 Å². The molecular weight excluding hydrogens is 240 g/mol. The lowest BCUT2D eigenvalue weighted by Gasteiger charge is -2.20. The Labute approximate surface area is 96.0 Å². The summed E-state index contributed by atoms with van der Waals surface area (Å²) < 4.78 is 49.6. The minimum Gasteiger partial charge on any atom is -0.207 e. The van der Waals surface area contributed by atoms with Gasteiger partial charge in [0.25, 0.3) is 0 Å². The SMILES string of the molecule is CC(C)(C)c1cc(F)cc(SC(F)(F)F)c1. The first-order valence-corrected chi connectivity index (χ1v) is 5.46. The molecule has 0 nitrogen and oxygen atoms in total. The number of benzene rings is 1. The summed E-state index contributed by atoms with van der Waals surface area (Å²) in [4.78, 5) is -0.113. The van der Waals surface area contributed by atoms with Gasteiger partial charge in [-0.15, -0.1) is 0 Å². The molecule has 0 bridgehead atoms. The topological polar surface area (TPSA) is 0 Å². The van der Waals surface area contributed by atoms with Gasteiger partial charge in [-0.05, 0) is 40.9 Å². The molecule has 0 aliphatic heterocycles. The smallest absolute Gasteiger partial charge is 0.207 e. The summed E-state index contributed by atoms with van der Waals surface area (Å²) in [5.41, 5.74) is -4.20. The van der Waals surface area contributed by atoms with Crippen LogP contribution in [0.25, 0.3) is 0 Å². The predicted molar refractivity (Wildman–Crippen MR) is 57.0 cm³/mol. The number of halogens is 4. The van der Waals surface area contributed by atoms with Crippen LogP contribution in [0.1, 0.15) is 26.3 Å². The monoisotopic (exact) mass is 252 g/mol. The van der Waals surface area contributed by atoms with E-state index in [1.54, 1.807) is 0 Å². The molecule has 0 N–H and O–H groups in total. The van der Waals surface area contributed by atoms with Crippen LogP contribution >= 0.6 is 11.8 Å². The highest BCUT2D eigenvalue weighted by Crippen LogP contribution is 2.38. The maximum Gasteiger partial charge on any atom is 0.446 e. The fourth-order valence-corrected chi connectivity index (χ4v) is 1.81. The number of rotatable bonds is 1. The molecule has 0 unspecified atom stereocenters. The summed E-state index contributed by atoms with van der Waals surface area (Å²) in [6.45, 7) is 5.47. The van der Waals surface area contributed by atoms with E-state index in [1.807, 2.05) is 20.8 Å². The van der Waals surface area contributed by atoms with Crippen molar-refractivity contribution in [3.05, 3.63) is 29.6 Å². The molecule has 90 valence electrons. The number of thioether (sulfide) groups is 1. The van der Waals surface area contributed by atoms with E-state index >= 15 is 0 Å². The Kier molecular flexibility index (Phi) is 3.57. The molecule has 0 radical (unpaired) electrons. The molecular formula is C11H12F4S. The first-order valence-electron chi connectivity index (χ1n) is 4.65. The molecule has 0 heterocycles. The summed E-state index contributed by atoms with van der Waals surface area (Å²) in [6, 6.07) is 3.54. The Balaban J connectivity index is 3.09. The summed E-state index contributed by atoms with van der Waals surface area (Å²) in [7, 11) is 0. The Morgan fingerprint density at radius 1 is 1.00 bits per heavy atom. The van der Waals surface area contributed by atoms with E-state index in [1.165, 1.54) is 12.1 Å². The van der Waals surface area contributed by atoms with Gasteiger partial charge >= 0.3 is 5.51 Å². The van der Waals surface area contributed by atoms with Crippen molar-refractivity contribution in [1.29, 1.82) is 0 Å². The maximum atomic E-state index is 13.2. The van der Waals surface area contributed by atoms with Crippen LogP contribution in [0.2, 0.25) is 0 Å². The summed E-state index contributed by atoms with van der Waals surface area (Å²) in [5.74, 6) is -0.640. The van der Waals surface area contributed by atoms with Crippen LogP contribution in [0, 0.1) is 5.82 Å². The molecule has 1 rings (SSSR count). The second-order valence-electron chi connectivity index (χ2n) is 4.47. The minimum atomic E-state index is -4.39. The van der Waals surface area contributed by atoms with Crippen LogP contribution in [0.3, 0.4) is 0 Å². The fourth-order valence-electron chi connectivity index (χ4n) is 1.19. The molecule has 0 amide bonds. The van der Waals surface area contributed by atoms with Crippen LogP contribution < -0.4 is 0 Å². The molecule has 1 aromatic rings. The van der Waals surface area contributed by atoms with Crippen molar-refractivity contribution in [2.75, 3.05) is 0 Å². The highest BCUT2D eigenvalue weighted by atomic mass is 32.2. The average Bonchev–Trinajstić information content (AvgIpc) is 1.97. The zero-order valence-corrected chi connectivity index (χ0v) is 9.97. The van der Waals surface area contributed by atoms with Crippen LogP contribution in [-0.4, -0.2) is 5.51 Å². The molecule has 0 saturated carbocycles. The third-order valence-electron chi connectivity index (χ3n) is 1.97. The van der Waals surface area contributed by atoms with Crippen molar-refractivity contribution >= 4 is 11.8 Å². The largest absolute Gasteiger partial charge is 0.446 e. The second kappa shape index (κ2) is 4.28. The number of alkyl halides is 3. The quantitative estimate of drug-likeness (QED) is 0.514. The van der Waals surface area contributed by atoms with Gasteiger partial charge in [-0.25, -0.2) is 4.39 Å². The molecule has 0 saturated heterocycles. The third-order valence-corrected chi connectivity index (χ3v) is 2.67. The number of hydrogen-bond donors (Lipinski definition) is 0. The first kappa shape index (κ1) is 13.4. The minimum absolute atomic E-state index is 0.113. The lowest BCUT2D eigenvalue weighted by Crippen LogP contribution is -2.12. The van der Waals surface area contributed by atoms with Crippen molar-refractivity contribution in [1.82, 2.24) is 0 Å². The molecule has 0 atom stereocenters. The van der Waals surface area contributed by atoms with E-state index in [0.29, 0.717) is 5.56 Å². The molecule has 0 fully saturated rings. The van der Waals surface area contributed by atoms with Gasteiger partial charge in [0, 0.05) is 4.90 Å². The van der Waals surface area contributed by atoms with E-state index in [-0.39, 0.29) is 22.1 Å². The number of hydrogen-bond acceptors (Lipinski definition) is 1. The zero-order chi connectivity index (χ0) is 12.6. The van der Waals surface area contributed by atoms with Crippen molar-refractivity contribution in [2.45, 2.75) is 36.6 Å². The zero-order valence-electron chi connectivity index (χ0n) is 9.15. The van der Waals surface area contributed by atoms with Crippen molar-refractivity contribution < 1.29 is 17.6 Å². The van der Waals surface area contributed by atoms with Crippen LogP contribution in [0.15, 0.2) is 23.1 Å². The van der Waals surface area contributed by atoms with Gasteiger partial charge in [-0.2, -0.15) is 13.2 Å². The standard InChI is InChI=1S/C11H12F4S/c1-10(2,3)7-4-8(12)6-9(5-7)16-11(13,14)15/h4-6H,1-3H3. The van der Waals surface area contributed by atoms with Gasteiger partial charge in [0.2, 0.25) is 0 Å². The Hall–Kier alpha value is -0.710. The van der Waals surface area contributed by atoms with Crippen molar-refractivity contribution in [3.8, 4) is 0 Å². The van der Waals surface area contributed by atoms with E-state index in [0.717, 1.165) is 6.07 Å². The fraction of sp³-hybridized carbons (Fsp3) is 0.455. The van der Waals surface area contributed by atoms with Gasteiger partial charge < -0.3 is 0 Å². The normalized spacial score (nSPS) is 12.9. The Morgan fingerprint density at radius 3 is 2.00 bits per heavy atom. The van der Waals surface area contributed by atoms with Crippen LogP contribution in [0.4, 0.5) is 17.6 Å². The van der Waals surface area contributed by atoms with Gasteiger partial charge in [-0.1, -0.05) is 20.8 Å². The highest BCUT2D eigenvalue weighted by molar-refractivity contribution is 8.00. The third kappa shape index (κ3) is 4.04. The molecule has 5 heteroatoms. The molecule has 0 spiro atoms. The van der Waals surface area contributed by atoms with Crippen molar-refractivity contribution in [3.63, 3.8) is 0 Å². The molecule has 1 aromatic carbocycles. The summed E-state index contributed by atoms with van der Waals surface area (Å²) in [5, 5.41) is 0. The molecule has 0 aliphatic carbocycles. The van der Waals surface area contributed by atoms with E-state index in [4.69, 9.17) is 0 Å². The predicted octanol–water partition coefficient (Wildman–Crippen LogP) is 4.74. The van der Waals surface area contributed by atoms with Gasteiger partial charge in [0.1, 0.15) is 5.82 Å². The lowest BCUT2D eigenvalue weighted by molar-refractivity contribution is -0.0328. The van der Waals surface area contributed by atoms with Crippen molar-refractivity contribution in [2.24, 2.45) is 0 Å². The van der Waals surface area contributed by atoms with E-state index in [9.17, 15) is 17.6 Å². The summed E-state index contributed by atoms with van der Waals surface area (Å²) in [6.07, 6.45) is 0. The van der Waals surface area contributed by atoms with E-state index in [2.05, 4.69) is 0 Å². The van der Waals surface area contributed by atoms with Gasteiger partial charge in [-0.3, -0.25) is 0 Å². The van der Waals surface area contributed by atoms with Crippen LogP contribution in [0.5, 0.6) is 0 Å². The molecule has 0 aromatic heterocycles. The molecule has 16 heavy (non-hydrogen) atoms. The summed E-state index contributed by atoms with van der Waals surface area (Å²) >= 11 is -0.295. The first-order chi connectivity index (χ1) is 7.08. The molecule has 0 aliphatic rings. The Bertz CT molecular complexity index is 377. The maximum absolute atomic E-state index is 13.2. The lowest BCUT2D eigenvalue weighted by atomic mass is 9.87. The second-order valence-corrected chi connectivity index (χ2v) is 5.61. The van der Waals surface area contributed by atoms with Gasteiger partial charge in [0.15, 0.2) is 0 Å². The van der Waals surface area contributed by atoms with Crippen LogP contribution in [-0.2, 0) is 5.41 Å². The average molecular weight is 252 g/mol. The van der Waals surface area contributed by atoms with Gasteiger partial charge in [0.05, 0.1) is 0 Å². The highest BCUT2D eigenvalue weighted by Gasteiger charge is 2.30.